The first-order valence-electron chi connectivity index (χ1n) is 20.1. The quantitative estimate of drug-likeness (QED) is 0.410. The second-order valence-electron chi connectivity index (χ2n) is 17.4. The number of hydrogen-bond acceptors (Lipinski definition) is 12. The van der Waals surface area contributed by atoms with E-state index in [1.165, 1.54) is 0 Å². The number of fused-ring (bicyclic) bond motifs is 6. The number of methoxy groups -OCH3 is 1. The van der Waals surface area contributed by atoms with Crippen molar-refractivity contribution in [3.63, 3.8) is 0 Å². The first-order chi connectivity index (χ1) is 25.1. The van der Waals surface area contributed by atoms with Gasteiger partial charge in [-0.1, -0.05) is 20.1 Å². The Labute approximate surface area is 306 Å². The summed E-state index contributed by atoms with van der Waals surface area (Å²) in [6, 6.07) is 0. The SMILES string of the molecule is C=C1C2C[C@@H]3O[C@H](CC(O)CO)[C@H](OC)C3CC(=O)CC3CCC4O[C@H]5C6O[C@]7(CCC8CC(=C)[C@H](CC[C@@H](C[C@H]1C)O2)O8)C[C@H]6O[C@H]5C(O7)[C@H]4O3. The summed E-state index contributed by atoms with van der Waals surface area (Å²) < 4.78 is 59.8. The lowest BCUT2D eigenvalue weighted by Crippen LogP contribution is -2.61. The van der Waals surface area contributed by atoms with Gasteiger partial charge in [0.25, 0.3) is 0 Å². The highest BCUT2D eigenvalue weighted by molar-refractivity contribution is 5.79. The fourth-order valence-electron chi connectivity index (χ4n) is 11.3. The fourth-order valence-corrected chi connectivity index (χ4v) is 11.3. The predicted octanol–water partition coefficient (Wildman–Crippen LogP) is 3.47. The van der Waals surface area contributed by atoms with Crippen LogP contribution in [0.15, 0.2) is 24.3 Å². The van der Waals surface area contributed by atoms with Crippen molar-refractivity contribution in [3.05, 3.63) is 24.3 Å². The number of carbonyl (C=O) groups excluding carboxylic acids is 1. The predicted molar refractivity (Wildman–Crippen MR) is 184 cm³/mol. The minimum absolute atomic E-state index is 0.0260. The molecule has 52 heavy (non-hydrogen) atoms. The molecule has 10 aliphatic rings. The molecule has 12 nitrogen and oxygen atoms in total. The number of rotatable bonds is 4. The molecule has 0 aliphatic carbocycles. The molecule has 10 heterocycles. The van der Waals surface area contributed by atoms with Crippen molar-refractivity contribution in [2.24, 2.45) is 11.8 Å². The second-order valence-corrected chi connectivity index (χ2v) is 17.4. The molecule has 10 saturated heterocycles. The lowest BCUT2D eigenvalue weighted by Gasteiger charge is -2.47. The lowest BCUT2D eigenvalue weighted by molar-refractivity contribution is -0.292. The number of carbonyl (C=O) groups is 1. The molecule has 0 aromatic carbocycles. The Morgan fingerprint density at radius 3 is 2.37 bits per heavy atom. The van der Waals surface area contributed by atoms with E-state index in [2.05, 4.69) is 20.1 Å². The Morgan fingerprint density at radius 1 is 0.788 bits per heavy atom. The Bertz CT molecular complexity index is 1370. The monoisotopic (exact) mass is 730 g/mol. The number of aliphatic hydroxyl groups is 2. The normalized spacial score (nSPS) is 52.4. The van der Waals surface area contributed by atoms with Gasteiger partial charge in [0.15, 0.2) is 5.79 Å². The average Bonchev–Trinajstić information content (AvgIpc) is 3.79. The van der Waals surface area contributed by atoms with Gasteiger partial charge in [0, 0.05) is 51.6 Å². The molecular weight excluding hydrogens is 672 g/mol. The van der Waals surface area contributed by atoms with Crippen LogP contribution in [0.4, 0.5) is 0 Å². The first kappa shape index (κ1) is 36.4. The van der Waals surface area contributed by atoms with E-state index < -0.39 is 24.1 Å². The van der Waals surface area contributed by atoms with E-state index in [-0.39, 0.29) is 123 Å². The smallest absolute Gasteiger partial charge is 0.172 e. The molecule has 10 fully saturated rings. The topological polar surface area (TPSA) is 141 Å². The van der Waals surface area contributed by atoms with Crippen LogP contribution in [0, 0.1) is 11.8 Å². The largest absolute Gasteiger partial charge is 0.394 e. The fraction of sp³-hybridized carbons (Fsp3) is 0.875. The zero-order chi connectivity index (χ0) is 35.9. The summed E-state index contributed by atoms with van der Waals surface area (Å²) in [7, 11) is 1.63. The maximum absolute atomic E-state index is 14.0. The number of Topliss-reactive ketones (excluding diaryl/α,β-unsaturated/α-hetero) is 1. The van der Waals surface area contributed by atoms with Crippen LogP contribution in [0.3, 0.4) is 0 Å². The van der Waals surface area contributed by atoms with Crippen LogP contribution in [-0.4, -0.2) is 133 Å². The van der Waals surface area contributed by atoms with E-state index in [0.29, 0.717) is 25.7 Å². The third-order valence-electron chi connectivity index (χ3n) is 13.9. The molecule has 12 bridgehead atoms. The van der Waals surface area contributed by atoms with Crippen molar-refractivity contribution in [2.45, 2.75) is 194 Å². The van der Waals surface area contributed by atoms with Crippen molar-refractivity contribution in [1.29, 1.82) is 0 Å². The summed E-state index contributed by atoms with van der Waals surface area (Å²) in [6.07, 6.45) is 4.01. The summed E-state index contributed by atoms with van der Waals surface area (Å²) in [5.41, 5.74) is 2.17. The standard InChI is InChI=1S/C40H58O12/c1-19-11-24-5-7-28-20(2)12-26(45-28)9-10-40-17-33-36(51-40)37-38(50-33)39(52-40)35-29(49-37)8-6-25(47-35)13-22(42)14-27-31(16-30(46-24)21(19)3)48-32(34(27)44-4)15-23(43)18-41/h19,23-39,41,43H,2-3,5-18H2,1,4H3/t19-,23?,24+,25?,26?,27?,28+,29?,30?,31+,32-,33-,34-,35+,36?,37+,38-,39?,40+/m1/s1. The van der Waals surface area contributed by atoms with Crippen LogP contribution >= 0.6 is 0 Å². The summed E-state index contributed by atoms with van der Waals surface area (Å²) in [4.78, 5) is 14.0. The van der Waals surface area contributed by atoms with Crippen LogP contribution < -0.4 is 0 Å². The van der Waals surface area contributed by atoms with Gasteiger partial charge in [-0.05, 0) is 62.0 Å². The van der Waals surface area contributed by atoms with Gasteiger partial charge < -0.3 is 52.8 Å². The van der Waals surface area contributed by atoms with Crippen molar-refractivity contribution < 1.29 is 57.6 Å². The molecule has 0 radical (unpaired) electrons. The van der Waals surface area contributed by atoms with Gasteiger partial charge in [0.2, 0.25) is 0 Å². The van der Waals surface area contributed by atoms with E-state index in [1.54, 1.807) is 7.11 Å². The molecule has 0 amide bonds. The molecule has 1 spiro atoms. The van der Waals surface area contributed by atoms with Crippen LogP contribution in [0.1, 0.15) is 90.4 Å². The summed E-state index contributed by atoms with van der Waals surface area (Å²) in [6.45, 7) is 10.7. The molecule has 12 heteroatoms. The number of aliphatic hydroxyl groups excluding tert-OH is 2. The van der Waals surface area contributed by atoms with E-state index in [0.717, 1.165) is 49.7 Å². The van der Waals surface area contributed by atoms with Crippen molar-refractivity contribution in [3.8, 4) is 0 Å². The summed E-state index contributed by atoms with van der Waals surface area (Å²) in [5.74, 6) is -0.709. The molecule has 2 N–H and O–H groups in total. The van der Waals surface area contributed by atoms with E-state index in [9.17, 15) is 15.0 Å². The van der Waals surface area contributed by atoms with Gasteiger partial charge in [0.05, 0.1) is 73.8 Å². The lowest BCUT2D eigenvalue weighted by atomic mass is 9.81. The minimum atomic E-state index is -0.951. The zero-order valence-corrected chi connectivity index (χ0v) is 30.7. The highest BCUT2D eigenvalue weighted by Crippen LogP contribution is 2.54. The average molecular weight is 731 g/mol. The van der Waals surface area contributed by atoms with E-state index in [1.807, 2.05) is 0 Å². The number of hydrogen-bond donors (Lipinski definition) is 2. The molecule has 0 saturated carbocycles. The van der Waals surface area contributed by atoms with Crippen LogP contribution in [-0.2, 0) is 47.4 Å². The molecule has 0 aromatic rings. The molecule has 10 rings (SSSR count). The maximum atomic E-state index is 14.0. The second kappa shape index (κ2) is 14.3. The van der Waals surface area contributed by atoms with E-state index in [4.69, 9.17) is 42.6 Å². The third kappa shape index (κ3) is 6.59. The van der Waals surface area contributed by atoms with Crippen molar-refractivity contribution in [2.75, 3.05) is 13.7 Å². The molecule has 8 unspecified atom stereocenters. The maximum Gasteiger partial charge on any atom is 0.172 e. The Hall–Kier alpha value is -1.29. The molecular formula is C40H58O12. The third-order valence-corrected chi connectivity index (χ3v) is 13.9. The number of ether oxygens (including phenoxy) is 9. The first-order valence-corrected chi connectivity index (χ1v) is 20.1. The molecule has 290 valence electrons. The minimum Gasteiger partial charge on any atom is -0.394 e. The van der Waals surface area contributed by atoms with Crippen molar-refractivity contribution >= 4 is 5.78 Å². The number of ketones is 1. The highest BCUT2D eigenvalue weighted by Gasteiger charge is 2.68. The van der Waals surface area contributed by atoms with Gasteiger partial charge >= 0.3 is 0 Å². The molecule has 10 aliphatic heterocycles. The van der Waals surface area contributed by atoms with Gasteiger partial charge in [0.1, 0.15) is 36.3 Å². The van der Waals surface area contributed by atoms with Crippen LogP contribution in [0.25, 0.3) is 0 Å². The van der Waals surface area contributed by atoms with Crippen LogP contribution in [0.2, 0.25) is 0 Å². The van der Waals surface area contributed by atoms with Gasteiger partial charge in [-0.15, -0.1) is 0 Å². The zero-order valence-electron chi connectivity index (χ0n) is 30.7. The van der Waals surface area contributed by atoms with Gasteiger partial charge in [-0.25, -0.2) is 0 Å². The summed E-state index contributed by atoms with van der Waals surface area (Å²) in [5, 5.41) is 20.1. The molecule has 19 atom stereocenters. The van der Waals surface area contributed by atoms with Gasteiger partial charge in [-0.3, -0.25) is 4.79 Å². The Balaban J connectivity index is 0.994. The van der Waals surface area contributed by atoms with Crippen molar-refractivity contribution in [1.82, 2.24) is 0 Å². The van der Waals surface area contributed by atoms with E-state index >= 15 is 0 Å². The summed E-state index contributed by atoms with van der Waals surface area (Å²) >= 11 is 0. The highest BCUT2D eigenvalue weighted by atomic mass is 16.8. The Morgan fingerprint density at radius 2 is 1.54 bits per heavy atom. The molecule has 0 aromatic heterocycles. The van der Waals surface area contributed by atoms with Gasteiger partial charge in [-0.2, -0.15) is 0 Å². The van der Waals surface area contributed by atoms with Crippen LogP contribution in [0.5, 0.6) is 0 Å². The Kier molecular flexibility index (Phi) is 10.0.